The Labute approximate surface area is 131 Å². The molecule has 21 heavy (non-hydrogen) atoms. The molecule has 1 N–H and O–H groups in total. The molecule has 1 aromatic heterocycles. The van der Waals surface area contributed by atoms with E-state index in [0.29, 0.717) is 5.02 Å². The molecular weight excluding hydrogens is 286 g/mol. The van der Waals surface area contributed by atoms with E-state index < -0.39 is 0 Å². The lowest BCUT2D eigenvalue weighted by atomic mass is 10.2. The van der Waals surface area contributed by atoms with E-state index in [2.05, 4.69) is 5.32 Å². The molecule has 4 heteroatoms. The molecule has 0 aliphatic heterocycles. The third-order valence-corrected chi connectivity index (χ3v) is 3.53. The van der Waals surface area contributed by atoms with Crippen molar-refractivity contribution in [2.75, 3.05) is 19.8 Å². The van der Waals surface area contributed by atoms with Crippen molar-refractivity contribution in [3.63, 3.8) is 0 Å². The zero-order valence-corrected chi connectivity index (χ0v) is 13.2. The Kier molecular flexibility index (Phi) is 6.80. The lowest BCUT2D eigenvalue weighted by Crippen LogP contribution is -2.14. The van der Waals surface area contributed by atoms with Crippen molar-refractivity contribution in [2.24, 2.45) is 0 Å². The highest BCUT2D eigenvalue weighted by Gasteiger charge is 2.07. The minimum atomic E-state index is 0.710. The topological polar surface area (TPSA) is 34.4 Å². The summed E-state index contributed by atoms with van der Waals surface area (Å²) in [6.07, 6.45) is 2.20. The molecule has 1 heterocycles. The van der Waals surface area contributed by atoms with Crippen LogP contribution in [0.1, 0.15) is 25.5 Å². The molecule has 0 amide bonds. The molecule has 0 bridgehead atoms. The molecule has 0 radical (unpaired) electrons. The third-order valence-electron chi connectivity index (χ3n) is 3.20. The number of unbranched alkanes of at least 4 members (excludes halogenated alkanes) is 1. The summed E-state index contributed by atoms with van der Waals surface area (Å²) in [5, 5.41) is 4.09. The van der Waals surface area contributed by atoms with Gasteiger partial charge >= 0.3 is 0 Å². The Bertz CT molecular complexity index is 539. The zero-order chi connectivity index (χ0) is 14.9. The van der Waals surface area contributed by atoms with Gasteiger partial charge in [-0.05, 0) is 50.6 Å². The van der Waals surface area contributed by atoms with Crippen molar-refractivity contribution < 1.29 is 9.15 Å². The van der Waals surface area contributed by atoms with Crippen molar-refractivity contribution in [1.82, 2.24) is 5.32 Å². The summed E-state index contributed by atoms with van der Waals surface area (Å²) in [6, 6.07) is 11.7. The van der Waals surface area contributed by atoms with Gasteiger partial charge in [-0.2, -0.15) is 0 Å². The molecule has 2 rings (SSSR count). The molecule has 0 aliphatic rings. The van der Waals surface area contributed by atoms with Gasteiger partial charge in [-0.25, -0.2) is 0 Å². The first kappa shape index (κ1) is 16.1. The first-order chi connectivity index (χ1) is 10.3. The predicted octanol–water partition coefficient (Wildman–Crippen LogP) is 4.51. The number of rotatable bonds is 9. The second-order valence-corrected chi connectivity index (χ2v) is 5.23. The lowest BCUT2D eigenvalue weighted by molar-refractivity contribution is 0.143. The molecule has 0 saturated carbocycles. The SMILES string of the molecule is CCOCCCCNCc1ccc(-c2ccccc2Cl)o1. The Balaban J connectivity index is 1.75. The van der Waals surface area contributed by atoms with Gasteiger partial charge in [0.25, 0.3) is 0 Å². The maximum Gasteiger partial charge on any atom is 0.135 e. The highest BCUT2D eigenvalue weighted by atomic mass is 35.5. The fraction of sp³-hybridized carbons (Fsp3) is 0.412. The van der Waals surface area contributed by atoms with E-state index in [1.54, 1.807) is 0 Å². The number of halogens is 1. The van der Waals surface area contributed by atoms with Crippen molar-refractivity contribution in [3.05, 3.63) is 47.2 Å². The predicted molar refractivity (Wildman–Crippen MR) is 86.6 cm³/mol. The fourth-order valence-electron chi connectivity index (χ4n) is 2.09. The van der Waals surface area contributed by atoms with Crippen LogP contribution in [0, 0.1) is 0 Å². The van der Waals surface area contributed by atoms with Gasteiger partial charge in [0.05, 0.1) is 11.6 Å². The summed E-state index contributed by atoms with van der Waals surface area (Å²) in [6.45, 7) is 5.36. The van der Waals surface area contributed by atoms with E-state index in [9.17, 15) is 0 Å². The zero-order valence-electron chi connectivity index (χ0n) is 12.4. The molecule has 0 aliphatic carbocycles. The van der Waals surface area contributed by atoms with Gasteiger partial charge in [-0.15, -0.1) is 0 Å². The Morgan fingerprint density at radius 1 is 1.14 bits per heavy atom. The molecule has 0 fully saturated rings. The van der Waals surface area contributed by atoms with Crippen LogP contribution in [0.4, 0.5) is 0 Å². The summed E-state index contributed by atoms with van der Waals surface area (Å²) in [7, 11) is 0. The molecule has 0 saturated heterocycles. The van der Waals surface area contributed by atoms with Crippen LogP contribution in [0.3, 0.4) is 0 Å². The van der Waals surface area contributed by atoms with Crippen molar-refractivity contribution in [3.8, 4) is 11.3 Å². The number of hydrogen-bond acceptors (Lipinski definition) is 3. The van der Waals surface area contributed by atoms with Crippen LogP contribution < -0.4 is 5.32 Å². The standard InChI is InChI=1S/C17H22ClNO2/c1-2-20-12-6-5-11-19-13-14-9-10-17(21-14)15-7-3-4-8-16(15)18/h3-4,7-10,19H,2,5-6,11-13H2,1H3. The summed E-state index contributed by atoms with van der Waals surface area (Å²) >= 11 is 6.17. The molecule has 0 spiro atoms. The largest absolute Gasteiger partial charge is 0.460 e. The average Bonchev–Trinajstić information content (AvgIpc) is 2.95. The smallest absolute Gasteiger partial charge is 0.135 e. The van der Waals surface area contributed by atoms with Crippen LogP contribution in [0.15, 0.2) is 40.8 Å². The number of furan rings is 1. The van der Waals surface area contributed by atoms with Crippen molar-refractivity contribution >= 4 is 11.6 Å². The van der Waals surface area contributed by atoms with Gasteiger partial charge in [-0.1, -0.05) is 23.7 Å². The summed E-state index contributed by atoms with van der Waals surface area (Å²) < 4.78 is 11.1. The highest BCUT2D eigenvalue weighted by molar-refractivity contribution is 6.33. The van der Waals surface area contributed by atoms with Crippen LogP contribution in [-0.2, 0) is 11.3 Å². The normalized spacial score (nSPS) is 11.0. The molecule has 2 aromatic rings. The van der Waals surface area contributed by atoms with E-state index in [4.69, 9.17) is 20.8 Å². The Hall–Kier alpha value is -1.29. The molecular formula is C17H22ClNO2. The van der Waals surface area contributed by atoms with Crippen LogP contribution in [0.5, 0.6) is 0 Å². The number of nitrogens with one attached hydrogen (secondary N) is 1. The van der Waals surface area contributed by atoms with Crippen molar-refractivity contribution in [2.45, 2.75) is 26.3 Å². The first-order valence-electron chi connectivity index (χ1n) is 7.43. The Morgan fingerprint density at radius 3 is 2.81 bits per heavy atom. The highest BCUT2D eigenvalue weighted by Crippen LogP contribution is 2.28. The number of hydrogen-bond donors (Lipinski definition) is 1. The second kappa shape index (κ2) is 8.88. The van der Waals surface area contributed by atoms with Crippen LogP contribution in [-0.4, -0.2) is 19.8 Å². The van der Waals surface area contributed by atoms with Crippen LogP contribution >= 0.6 is 11.6 Å². The maximum absolute atomic E-state index is 6.17. The first-order valence-corrected chi connectivity index (χ1v) is 7.81. The molecule has 1 aromatic carbocycles. The van der Waals surface area contributed by atoms with E-state index in [-0.39, 0.29) is 0 Å². The van der Waals surface area contributed by atoms with E-state index >= 15 is 0 Å². The van der Waals surface area contributed by atoms with Gasteiger partial charge < -0.3 is 14.5 Å². The van der Waals surface area contributed by atoms with Crippen molar-refractivity contribution in [1.29, 1.82) is 0 Å². The maximum atomic E-state index is 6.17. The van der Waals surface area contributed by atoms with Gasteiger partial charge in [0, 0.05) is 18.8 Å². The summed E-state index contributed by atoms with van der Waals surface area (Å²) in [5.74, 6) is 1.74. The fourth-order valence-corrected chi connectivity index (χ4v) is 2.32. The van der Waals surface area contributed by atoms with Gasteiger partial charge in [0.2, 0.25) is 0 Å². The monoisotopic (exact) mass is 307 g/mol. The van der Waals surface area contributed by atoms with Gasteiger partial charge in [0.1, 0.15) is 11.5 Å². The van der Waals surface area contributed by atoms with E-state index in [1.165, 1.54) is 0 Å². The number of benzene rings is 1. The van der Waals surface area contributed by atoms with E-state index in [0.717, 1.165) is 56.2 Å². The number of ether oxygens (including phenoxy) is 1. The van der Waals surface area contributed by atoms with Crippen LogP contribution in [0.2, 0.25) is 5.02 Å². The van der Waals surface area contributed by atoms with Gasteiger partial charge in [0.15, 0.2) is 0 Å². The van der Waals surface area contributed by atoms with Gasteiger partial charge in [-0.3, -0.25) is 0 Å². The quantitative estimate of drug-likeness (QED) is 0.692. The molecule has 0 unspecified atom stereocenters. The molecule has 0 atom stereocenters. The van der Waals surface area contributed by atoms with Crippen LogP contribution in [0.25, 0.3) is 11.3 Å². The molecule has 114 valence electrons. The summed E-state index contributed by atoms with van der Waals surface area (Å²) in [4.78, 5) is 0. The lowest BCUT2D eigenvalue weighted by Gasteiger charge is -2.03. The average molecular weight is 308 g/mol. The second-order valence-electron chi connectivity index (χ2n) is 4.83. The Morgan fingerprint density at radius 2 is 2.00 bits per heavy atom. The summed E-state index contributed by atoms with van der Waals surface area (Å²) in [5.41, 5.74) is 0.933. The molecule has 3 nitrogen and oxygen atoms in total. The minimum absolute atomic E-state index is 0.710. The van der Waals surface area contributed by atoms with E-state index in [1.807, 2.05) is 43.3 Å². The third kappa shape index (κ3) is 5.20. The minimum Gasteiger partial charge on any atom is -0.460 e.